The monoisotopic (exact) mass is 225 g/mol. The van der Waals surface area contributed by atoms with Crippen LogP contribution in [-0.4, -0.2) is 14.7 Å². The molecule has 0 amide bonds. The van der Waals surface area contributed by atoms with Crippen LogP contribution in [0.3, 0.4) is 0 Å². The smallest absolute Gasteiger partial charge is 0.151 e. The molecule has 0 radical (unpaired) electrons. The molecular formula is C11H15NO2S. The van der Waals surface area contributed by atoms with Gasteiger partial charge in [0.15, 0.2) is 9.84 Å². The molecule has 1 aliphatic carbocycles. The lowest BCUT2D eigenvalue weighted by molar-refractivity contribution is 0.601. The summed E-state index contributed by atoms with van der Waals surface area (Å²) in [7, 11) is -2.96. The van der Waals surface area contributed by atoms with Crippen LogP contribution in [0.25, 0.3) is 0 Å². The summed E-state index contributed by atoms with van der Waals surface area (Å²) < 4.78 is 22.3. The lowest BCUT2D eigenvalue weighted by atomic mass is 10.0. The molecule has 0 unspecified atom stereocenters. The molecule has 2 rings (SSSR count). The molecule has 0 saturated heterocycles. The van der Waals surface area contributed by atoms with Crippen LogP contribution in [-0.2, 0) is 21.1 Å². The van der Waals surface area contributed by atoms with Crippen molar-refractivity contribution >= 4 is 9.84 Å². The maximum absolute atomic E-state index is 11.1. The number of nitrogens with two attached hydrogens (primary N) is 1. The molecule has 15 heavy (non-hydrogen) atoms. The van der Waals surface area contributed by atoms with Gasteiger partial charge in [0, 0.05) is 11.8 Å². The summed E-state index contributed by atoms with van der Waals surface area (Å²) in [6.45, 7) is 0. The molecule has 0 heterocycles. The van der Waals surface area contributed by atoms with Gasteiger partial charge in [0.2, 0.25) is 0 Å². The van der Waals surface area contributed by atoms with E-state index in [-0.39, 0.29) is 11.3 Å². The van der Waals surface area contributed by atoms with E-state index in [1.54, 1.807) is 0 Å². The first-order valence-corrected chi connectivity index (χ1v) is 7.01. The molecule has 0 aromatic heterocycles. The van der Waals surface area contributed by atoms with E-state index in [4.69, 9.17) is 5.73 Å². The quantitative estimate of drug-likeness (QED) is 0.840. The van der Waals surface area contributed by atoms with Crippen LogP contribution in [0.5, 0.6) is 0 Å². The van der Waals surface area contributed by atoms with Crippen molar-refractivity contribution in [2.75, 3.05) is 6.26 Å². The third-order valence-electron chi connectivity index (χ3n) is 2.72. The summed E-state index contributed by atoms with van der Waals surface area (Å²) in [6.07, 6.45) is 3.24. The molecule has 1 aromatic rings. The molecule has 0 aliphatic heterocycles. The third-order valence-corrected chi connectivity index (χ3v) is 3.58. The van der Waals surface area contributed by atoms with Crippen LogP contribution in [0.15, 0.2) is 24.3 Å². The van der Waals surface area contributed by atoms with E-state index in [2.05, 4.69) is 0 Å². The SMILES string of the molecule is CS(=O)(=O)Cc1cccc(C2(N)CC2)c1. The Bertz CT molecular complexity index is 475. The highest BCUT2D eigenvalue weighted by Crippen LogP contribution is 2.42. The van der Waals surface area contributed by atoms with Crippen molar-refractivity contribution in [2.24, 2.45) is 5.73 Å². The summed E-state index contributed by atoms with van der Waals surface area (Å²) >= 11 is 0. The van der Waals surface area contributed by atoms with E-state index in [1.165, 1.54) is 6.26 Å². The zero-order valence-electron chi connectivity index (χ0n) is 8.73. The van der Waals surface area contributed by atoms with E-state index in [9.17, 15) is 8.42 Å². The van der Waals surface area contributed by atoms with Gasteiger partial charge in [0.25, 0.3) is 0 Å². The standard InChI is InChI=1S/C11H15NO2S/c1-15(13,14)8-9-3-2-4-10(7-9)11(12)5-6-11/h2-4,7H,5-6,8,12H2,1H3. The zero-order valence-corrected chi connectivity index (χ0v) is 9.55. The molecule has 3 nitrogen and oxygen atoms in total. The predicted molar refractivity (Wildman–Crippen MR) is 60.1 cm³/mol. The number of hydrogen-bond acceptors (Lipinski definition) is 3. The maximum atomic E-state index is 11.1. The van der Waals surface area contributed by atoms with Crippen molar-refractivity contribution in [3.8, 4) is 0 Å². The van der Waals surface area contributed by atoms with Crippen molar-refractivity contribution in [2.45, 2.75) is 24.1 Å². The summed E-state index contributed by atoms with van der Waals surface area (Å²) in [5.74, 6) is 0.0942. The number of hydrogen-bond donors (Lipinski definition) is 1. The minimum atomic E-state index is -2.96. The van der Waals surface area contributed by atoms with Gasteiger partial charge in [0.1, 0.15) is 0 Å². The summed E-state index contributed by atoms with van der Waals surface area (Å²) in [4.78, 5) is 0. The van der Waals surface area contributed by atoms with Crippen LogP contribution in [0, 0.1) is 0 Å². The summed E-state index contributed by atoms with van der Waals surface area (Å²) in [6, 6.07) is 7.59. The molecule has 2 N–H and O–H groups in total. The molecule has 4 heteroatoms. The van der Waals surface area contributed by atoms with E-state index >= 15 is 0 Å². The second-order valence-corrected chi connectivity index (χ2v) is 6.57. The van der Waals surface area contributed by atoms with E-state index in [0.717, 1.165) is 24.0 Å². The minimum Gasteiger partial charge on any atom is -0.321 e. The molecular weight excluding hydrogens is 210 g/mol. The van der Waals surface area contributed by atoms with Gasteiger partial charge in [-0.15, -0.1) is 0 Å². The lowest BCUT2D eigenvalue weighted by Gasteiger charge is -2.10. The predicted octanol–water partition coefficient (Wildman–Crippen LogP) is 1.18. The van der Waals surface area contributed by atoms with E-state index in [1.807, 2.05) is 24.3 Å². The maximum Gasteiger partial charge on any atom is 0.151 e. The average molecular weight is 225 g/mol. The fourth-order valence-corrected chi connectivity index (χ4v) is 2.48. The first-order chi connectivity index (χ1) is 6.89. The zero-order chi connectivity index (χ0) is 11.1. The van der Waals surface area contributed by atoms with Crippen molar-refractivity contribution < 1.29 is 8.42 Å². The van der Waals surface area contributed by atoms with Gasteiger partial charge in [-0.3, -0.25) is 0 Å². The highest BCUT2D eigenvalue weighted by molar-refractivity contribution is 7.89. The first-order valence-electron chi connectivity index (χ1n) is 4.95. The molecule has 1 aromatic carbocycles. The summed E-state index contributed by atoms with van der Waals surface area (Å²) in [5, 5.41) is 0. The first kappa shape index (κ1) is 10.6. The molecule has 0 bridgehead atoms. The second-order valence-electron chi connectivity index (χ2n) is 4.43. The fourth-order valence-electron chi connectivity index (χ4n) is 1.70. The van der Waals surface area contributed by atoms with E-state index < -0.39 is 9.84 Å². The lowest BCUT2D eigenvalue weighted by Crippen LogP contribution is -2.18. The average Bonchev–Trinajstić information content (AvgIpc) is 2.82. The Morgan fingerprint density at radius 2 is 2.07 bits per heavy atom. The molecule has 1 saturated carbocycles. The topological polar surface area (TPSA) is 60.2 Å². The Morgan fingerprint density at radius 1 is 1.40 bits per heavy atom. The number of sulfone groups is 1. The van der Waals surface area contributed by atoms with Gasteiger partial charge >= 0.3 is 0 Å². The highest BCUT2D eigenvalue weighted by Gasteiger charge is 2.39. The van der Waals surface area contributed by atoms with Gasteiger partial charge in [-0.25, -0.2) is 8.42 Å². The number of rotatable bonds is 3. The Hall–Kier alpha value is -0.870. The highest BCUT2D eigenvalue weighted by atomic mass is 32.2. The van der Waals surface area contributed by atoms with Crippen molar-refractivity contribution in [1.82, 2.24) is 0 Å². The minimum absolute atomic E-state index is 0.0942. The molecule has 0 atom stereocenters. The fraction of sp³-hybridized carbons (Fsp3) is 0.455. The largest absolute Gasteiger partial charge is 0.321 e. The van der Waals surface area contributed by atoms with Crippen LogP contribution in [0.2, 0.25) is 0 Å². The second kappa shape index (κ2) is 3.32. The third kappa shape index (κ3) is 2.58. The van der Waals surface area contributed by atoms with Gasteiger partial charge in [-0.05, 0) is 24.0 Å². The van der Waals surface area contributed by atoms with Gasteiger partial charge < -0.3 is 5.73 Å². The van der Waals surface area contributed by atoms with Crippen LogP contribution in [0.1, 0.15) is 24.0 Å². The summed E-state index contributed by atoms with van der Waals surface area (Å²) in [5.41, 5.74) is 7.75. The van der Waals surface area contributed by atoms with Crippen LogP contribution >= 0.6 is 0 Å². The molecule has 1 aliphatic rings. The Kier molecular flexibility index (Phi) is 2.35. The molecule has 1 fully saturated rings. The van der Waals surface area contributed by atoms with E-state index in [0.29, 0.717) is 0 Å². The molecule has 0 spiro atoms. The van der Waals surface area contributed by atoms with Crippen LogP contribution in [0.4, 0.5) is 0 Å². The number of benzene rings is 1. The van der Waals surface area contributed by atoms with Gasteiger partial charge in [-0.2, -0.15) is 0 Å². The Balaban J connectivity index is 2.27. The van der Waals surface area contributed by atoms with Crippen molar-refractivity contribution in [3.05, 3.63) is 35.4 Å². The van der Waals surface area contributed by atoms with Crippen LogP contribution < -0.4 is 5.73 Å². The van der Waals surface area contributed by atoms with Crippen molar-refractivity contribution in [3.63, 3.8) is 0 Å². The van der Waals surface area contributed by atoms with Crippen molar-refractivity contribution in [1.29, 1.82) is 0 Å². The van der Waals surface area contributed by atoms with Gasteiger partial charge in [-0.1, -0.05) is 24.3 Å². The Morgan fingerprint density at radius 3 is 2.60 bits per heavy atom. The Labute approximate surface area is 90.2 Å². The molecule has 82 valence electrons. The van der Waals surface area contributed by atoms with Gasteiger partial charge in [0.05, 0.1) is 5.75 Å². The normalized spacial score (nSPS) is 18.8.